The summed E-state index contributed by atoms with van der Waals surface area (Å²) in [6.07, 6.45) is 0. The molecule has 0 radical (unpaired) electrons. The number of nitrogens with zero attached hydrogens (tertiary/aromatic N) is 1. The number of pyridine rings is 1. The maximum absolute atomic E-state index is 4.75. The lowest BCUT2D eigenvalue weighted by molar-refractivity contribution is 0.591. The first kappa shape index (κ1) is 11.9. The minimum atomic E-state index is 0.100. The zero-order chi connectivity index (χ0) is 12.6. The molecule has 0 fully saturated rings. The van der Waals surface area contributed by atoms with E-state index in [0.717, 1.165) is 11.3 Å². The highest BCUT2D eigenvalue weighted by Gasteiger charge is 2.19. The van der Waals surface area contributed by atoms with Gasteiger partial charge in [0.15, 0.2) is 0 Å². The molecule has 0 saturated heterocycles. The third-order valence-corrected chi connectivity index (χ3v) is 3.09. The van der Waals surface area contributed by atoms with Crippen LogP contribution in [0.15, 0.2) is 24.3 Å². The second-order valence-corrected chi connectivity index (χ2v) is 5.53. The Morgan fingerprint density at radius 3 is 2.47 bits per heavy atom. The SMILES string of the molecule is CNc1nc2c(C)cccc2cc1C(C)(C)C. The van der Waals surface area contributed by atoms with Gasteiger partial charge in [0.1, 0.15) is 5.82 Å². The number of nitrogens with one attached hydrogen (secondary N) is 1. The maximum Gasteiger partial charge on any atom is 0.130 e. The number of anilines is 1. The van der Waals surface area contributed by atoms with E-state index in [1.165, 1.54) is 16.5 Å². The molecule has 1 aromatic heterocycles. The Hall–Kier alpha value is -1.57. The zero-order valence-electron chi connectivity index (χ0n) is 11.3. The van der Waals surface area contributed by atoms with Crippen LogP contribution in [0.2, 0.25) is 0 Å². The molecule has 0 bridgehead atoms. The summed E-state index contributed by atoms with van der Waals surface area (Å²) in [6, 6.07) is 8.57. The lowest BCUT2D eigenvalue weighted by atomic mass is 9.86. The van der Waals surface area contributed by atoms with Crippen LogP contribution in [0.5, 0.6) is 0 Å². The van der Waals surface area contributed by atoms with Gasteiger partial charge in [0.25, 0.3) is 0 Å². The van der Waals surface area contributed by atoms with Crippen LogP contribution in [0.25, 0.3) is 10.9 Å². The van der Waals surface area contributed by atoms with Crippen molar-refractivity contribution < 1.29 is 0 Å². The van der Waals surface area contributed by atoms with Crippen molar-refractivity contribution in [1.82, 2.24) is 4.98 Å². The molecule has 0 aliphatic rings. The Morgan fingerprint density at radius 1 is 1.18 bits per heavy atom. The van der Waals surface area contributed by atoms with E-state index in [1.807, 2.05) is 7.05 Å². The average Bonchev–Trinajstić information content (AvgIpc) is 2.27. The largest absolute Gasteiger partial charge is 0.373 e. The molecule has 1 aromatic carbocycles. The van der Waals surface area contributed by atoms with Gasteiger partial charge in [-0.15, -0.1) is 0 Å². The molecular weight excluding hydrogens is 208 g/mol. The fraction of sp³-hybridized carbons (Fsp3) is 0.400. The molecule has 2 rings (SSSR count). The van der Waals surface area contributed by atoms with Crippen molar-refractivity contribution in [3.05, 3.63) is 35.4 Å². The monoisotopic (exact) mass is 228 g/mol. The van der Waals surface area contributed by atoms with Gasteiger partial charge >= 0.3 is 0 Å². The van der Waals surface area contributed by atoms with E-state index in [2.05, 4.69) is 57.3 Å². The number of hydrogen-bond donors (Lipinski definition) is 1. The summed E-state index contributed by atoms with van der Waals surface area (Å²) in [7, 11) is 1.93. The molecule has 0 saturated carbocycles. The van der Waals surface area contributed by atoms with Crippen LogP contribution in [-0.4, -0.2) is 12.0 Å². The minimum Gasteiger partial charge on any atom is -0.373 e. The van der Waals surface area contributed by atoms with Gasteiger partial charge < -0.3 is 5.32 Å². The molecular formula is C15H20N2. The van der Waals surface area contributed by atoms with Crippen molar-refractivity contribution in [1.29, 1.82) is 0 Å². The van der Waals surface area contributed by atoms with E-state index in [0.29, 0.717) is 0 Å². The molecule has 0 unspecified atom stereocenters. The highest BCUT2D eigenvalue weighted by molar-refractivity contribution is 5.84. The van der Waals surface area contributed by atoms with Crippen molar-refractivity contribution in [3.63, 3.8) is 0 Å². The molecule has 17 heavy (non-hydrogen) atoms. The Balaban J connectivity index is 2.78. The van der Waals surface area contributed by atoms with Gasteiger partial charge in [-0.2, -0.15) is 0 Å². The van der Waals surface area contributed by atoms with Gasteiger partial charge in [-0.25, -0.2) is 4.98 Å². The number of para-hydroxylation sites is 1. The summed E-state index contributed by atoms with van der Waals surface area (Å²) in [5.41, 5.74) is 3.67. The van der Waals surface area contributed by atoms with E-state index in [9.17, 15) is 0 Å². The Labute approximate surface area is 103 Å². The first-order chi connectivity index (χ1) is 7.93. The minimum absolute atomic E-state index is 0.100. The van der Waals surface area contributed by atoms with Crippen LogP contribution in [0, 0.1) is 6.92 Å². The predicted octanol–water partition coefficient (Wildman–Crippen LogP) is 3.88. The zero-order valence-corrected chi connectivity index (χ0v) is 11.3. The van der Waals surface area contributed by atoms with Crippen molar-refractivity contribution in [2.45, 2.75) is 33.1 Å². The van der Waals surface area contributed by atoms with Gasteiger partial charge in [0.2, 0.25) is 0 Å². The maximum atomic E-state index is 4.75. The molecule has 0 aliphatic carbocycles. The molecule has 0 spiro atoms. The lowest BCUT2D eigenvalue weighted by Crippen LogP contribution is -2.15. The molecule has 2 heteroatoms. The first-order valence-corrected chi connectivity index (χ1v) is 6.02. The quantitative estimate of drug-likeness (QED) is 0.801. The third-order valence-electron chi connectivity index (χ3n) is 3.09. The normalized spacial score (nSPS) is 11.8. The summed E-state index contributed by atoms with van der Waals surface area (Å²) in [5, 5.41) is 4.43. The van der Waals surface area contributed by atoms with Crippen LogP contribution in [0.1, 0.15) is 31.9 Å². The molecule has 2 nitrogen and oxygen atoms in total. The summed E-state index contributed by atoms with van der Waals surface area (Å²) in [5.74, 6) is 0.985. The molecule has 1 heterocycles. The van der Waals surface area contributed by atoms with E-state index in [-0.39, 0.29) is 5.41 Å². The number of aromatic nitrogens is 1. The first-order valence-electron chi connectivity index (χ1n) is 6.02. The summed E-state index contributed by atoms with van der Waals surface area (Å²) < 4.78 is 0. The standard InChI is InChI=1S/C15H20N2/c1-10-7-6-8-11-9-12(15(2,3)4)14(16-5)17-13(10)11/h6-9H,1-5H3,(H,16,17). The molecule has 2 aromatic rings. The second kappa shape index (κ2) is 4.02. The Bertz CT molecular complexity index is 551. The van der Waals surface area contributed by atoms with Crippen LogP contribution in [0.4, 0.5) is 5.82 Å². The van der Waals surface area contributed by atoms with Crippen molar-refractivity contribution in [2.75, 3.05) is 12.4 Å². The number of rotatable bonds is 1. The molecule has 90 valence electrons. The Morgan fingerprint density at radius 2 is 1.88 bits per heavy atom. The molecule has 0 atom stereocenters. The van der Waals surface area contributed by atoms with Crippen LogP contribution < -0.4 is 5.32 Å². The van der Waals surface area contributed by atoms with Crippen molar-refractivity contribution >= 4 is 16.7 Å². The van der Waals surface area contributed by atoms with Gasteiger partial charge in [-0.3, -0.25) is 0 Å². The smallest absolute Gasteiger partial charge is 0.130 e. The second-order valence-electron chi connectivity index (χ2n) is 5.53. The van der Waals surface area contributed by atoms with E-state index in [4.69, 9.17) is 4.98 Å². The molecule has 0 aliphatic heterocycles. The predicted molar refractivity (Wildman–Crippen MR) is 74.7 cm³/mol. The van der Waals surface area contributed by atoms with Crippen molar-refractivity contribution in [3.8, 4) is 0 Å². The number of fused-ring (bicyclic) bond motifs is 1. The molecule has 0 amide bonds. The topological polar surface area (TPSA) is 24.9 Å². The summed E-state index contributed by atoms with van der Waals surface area (Å²) >= 11 is 0. The van der Waals surface area contributed by atoms with Crippen LogP contribution in [0.3, 0.4) is 0 Å². The van der Waals surface area contributed by atoms with Gasteiger partial charge in [0, 0.05) is 18.0 Å². The fourth-order valence-electron chi connectivity index (χ4n) is 2.11. The summed E-state index contributed by atoms with van der Waals surface area (Å²) in [6.45, 7) is 8.75. The Kier molecular flexibility index (Phi) is 2.82. The summed E-state index contributed by atoms with van der Waals surface area (Å²) in [4.78, 5) is 4.75. The van der Waals surface area contributed by atoms with Crippen LogP contribution in [-0.2, 0) is 5.41 Å². The highest BCUT2D eigenvalue weighted by Crippen LogP contribution is 2.31. The lowest BCUT2D eigenvalue weighted by Gasteiger charge is -2.22. The number of hydrogen-bond acceptors (Lipinski definition) is 2. The highest BCUT2D eigenvalue weighted by atomic mass is 15.0. The van der Waals surface area contributed by atoms with E-state index < -0.39 is 0 Å². The van der Waals surface area contributed by atoms with Gasteiger partial charge in [-0.1, -0.05) is 39.0 Å². The average molecular weight is 228 g/mol. The third kappa shape index (κ3) is 2.12. The van der Waals surface area contributed by atoms with Crippen LogP contribution >= 0.6 is 0 Å². The van der Waals surface area contributed by atoms with E-state index in [1.54, 1.807) is 0 Å². The van der Waals surface area contributed by atoms with Gasteiger partial charge in [0.05, 0.1) is 5.52 Å². The number of benzene rings is 1. The van der Waals surface area contributed by atoms with Gasteiger partial charge in [-0.05, 0) is 24.0 Å². The number of aryl methyl sites for hydroxylation is 1. The van der Waals surface area contributed by atoms with Crippen molar-refractivity contribution in [2.24, 2.45) is 0 Å². The molecule has 1 N–H and O–H groups in total. The van der Waals surface area contributed by atoms with E-state index >= 15 is 0 Å². The fourth-order valence-corrected chi connectivity index (χ4v) is 2.11.